The first-order valence-corrected chi connectivity index (χ1v) is 8.10. The molecule has 4 heteroatoms. The lowest BCUT2D eigenvalue weighted by Gasteiger charge is -2.19. The van der Waals surface area contributed by atoms with Gasteiger partial charge in [-0.3, -0.25) is 0 Å². The summed E-state index contributed by atoms with van der Waals surface area (Å²) in [7, 11) is 1.66. The SMILES string of the molecule is COc1ccc(-c2cn(Cc3ccc(C(C)(C)C)cc3)nn2)cc1. The largest absolute Gasteiger partial charge is 0.497 e. The fraction of sp³-hybridized carbons (Fsp3) is 0.300. The highest BCUT2D eigenvalue weighted by atomic mass is 16.5. The summed E-state index contributed by atoms with van der Waals surface area (Å²) < 4.78 is 7.05. The first-order chi connectivity index (χ1) is 11.5. The topological polar surface area (TPSA) is 39.9 Å². The smallest absolute Gasteiger partial charge is 0.118 e. The molecule has 2 aromatic carbocycles. The molecule has 0 atom stereocenters. The van der Waals surface area contributed by atoms with Gasteiger partial charge in [-0.25, -0.2) is 4.68 Å². The van der Waals surface area contributed by atoms with Gasteiger partial charge in [-0.2, -0.15) is 0 Å². The predicted octanol–water partition coefficient (Wildman–Crippen LogP) is 4.30. The third kappa shape index (κ3) is 3.65. The summed E-state index contributed by atoms with van der Waals surface area (Å²) in [5.74, 6) is 0.838. The number of hydrogen-bond acceptors (Lipinski definition) is 3. The van der Waals surface area contributed by atoms with Crippen LogP contribution in [-0.4, -0.2) is 22.1 Å². The van der Waals surface area contributed by atoms with E-state index >= 15 is 0 Å². The first-order valence-electron chi connectivity index (χ1n) is 8.10. The average Bonchev–Trinajstić information content (AvgIpc) is 3.03. The molecule has 0 radical (unpaired) electrons. The van der Waals surface area contributed by atoms with Gasteiger partial charge in [0.1, 0.15) is 11.4 Å². The van der Waals surface area contributed by atoms with Crippen LogP contribution in [-0.2, 0) is 12.0 Å². The Morgan fingerprint density at radius 2 is 1.62 bits per heavy atom. The molecule has 1 heterocycles. The molecule has 0 N–H and O–H groups in total. The maximum Gasteiger partial charge on any atom is 0.118 e. The molecular weight excluding hydrogens is 298 g/mol. The third-order valence-electron chi connectivity index (χ3n) is 4.09. The summed E-state index contributed by atoms with van der Waals surface area (Å²) in [6.45, 7) is 7.38. The average molecular weight is 321 g/mol. The Labute approximate surface area is 143 Å². The number of benzene rings is 2. The van der Waals surface area contributed by atoms with E-state index in [1.54, 1.807) is 7.11 Å². The summed E-state index contributed by atoms with van der Waals surface area (Å²) in [6.07, 6.45) is 1.97. The van der Waals surface area contributed by atoms with E-state index in [1.165, 1.54) is 11.1 Å². The molecule has 3 rings (SSSR count). The molecule has 1 aromatic heterocycles. The van der Waals surface area contributed by atoms with Crippen molar-refractivity contribution in [1.82, 2.24) is 15.0 Å². The highest BCUT2D eigenvalue weighted by molar-refractivity contribution is 5.58. The third-order valence-corrected chi connectivity index (χ3v) is 4.09. The van der Waals surface area contributed by atoms with Gasteiger partial charge in [0.15, 0.2) is 0 Å². The van der Waals surface area contributed by atoms with E-state index in [1.807, 2.05) is 35.1 Å². The zero-order chi connectivity index (χ0) is 17.2. The molecule has 24 heavy (non-hydrogen) atoms. The van der Waals surface area contributed by atoms with Crippen LogP contribution in [0.1, 0.15) is 31.9 Å². The highest BCUT2D eigenvalue weighted by Gasteiger charge is 2.13. The maximum atomic E-state index is 5.18. The van der Waals surface area contributed by atoms with Gasteiger partial charge in [0, 0.05) is 5.56 Å². The van der Waals surface area contributed by atoms with E-state index in [0.717, 1.165) is 17.0 Å². The lowest BCUT2D eigenvalue weighted by atomic mass is 9.87. The minimum Gasteiger partial charge on any atom is -0.497 e. The van der Waals surface area contributed by atoms with Crippen molar-refractivity contribution in [3.8, 4) is 17.0 Å². The van der Waals surface area contributed by atoms with Gasteiger partial charge in [0.05, 0.1) is 19.9 Å². The Bertz CT molecular complexity index is 796. The van der Waals surface area contributed by atoms with E-state index < -0.39 is 0 Å². The van der Waals surface area contributed by atoms with Gasteiger partial charge in [-0.15, -0.1) is 5.10 Å². The summed E-state index contributed by atoms with van der Waals surface area (Å²) in [5.41, 5.74) is 4.62. The van der Waals surface area contributed by atoms with Crippen molar-refractivity contribution in [1.29, 1.82) is 0 Å². The number of aromatic nitrogens is 3. The van der Waals surface area contributed by atoms with Crippen LogP contribution in [0.15, 0.2) is 54.7 Å². The summed E-state index contributed by atoms with van der Waals surface area (Å²) in [5, 5.41) is 8.50. The standard InChI is InChI=1S/C20H23N3O/c1-20(2,3)17-9-5-15(6-10-17)13-23-14-19(21-22-23)16-7-11-18(24-4)12-8-16/h5-12,14H,13H2,1-4H3. The van der Waals surface area contributed by atoms with Gasteiger partial charge < -0.3 is 4.74 Å². The summed E-state index contributed by atoms with van der Waals surface area (Å²) in [4.78, 5) is 0. The van der Waals surface area contributed by atoms with Crippen LogP contribution in [0.3, 0.4) is 0 Å². The Kier molecular flexibility index (Phi) is 4.38. The molecule has 0 fully saturated rings. The number of methoxy groups -OCH3 is 1. The Morgan fingerprint density at radius 1 is 0.958 bits per heavy atom. The first kappa shape index (κ1) is 16.2. The van der Waals surface area contributed by atoms with Crippen molar-refractivity contribution < 1.29 is 4.74 Å². The lowest BCUT2D eigenvalue weighted by molar-refractivity contribution is 0.415. The van der Waals surface area contributed by atoms with Crippen molar-refractivity contribution in [2.75, 3.05) is 7.11 Å². The lowest BCUT2D eigenvalue weighted by Crippen LogP contribution is -2.11. The molecule has 3 aromatic rings. The number of ether oxygens (including phenoxy) is 1. The molecular formula is C20H23N3O. The number of rotatable bonds is 4. The van der Waals surface area contributed by atoms with E-state index in [0.29, 0.717) is 6.54 Å². The van der Waals surface area contributed by atoms with Gasteiger partial charge in [0.25, 0.3) is 0 Å². The van der Waals surface area contributed by atoms with Crippen LogP contribution < -0.4 is 4.74 Å². The second kappa shape index (κ2) is 6.48. The summed E-state index contributed by atoms with van der Waals surface area (Å²) >= 11 is 0. The second-order valence-corrected chi connectivity index (χ2v) is 6.98. The monoisotopic (exact) mass is 321 g/mol. The molecule has 124 valence electrons. The summed E-state index contributed by atoms with van der Waals surface area (Å²) in [6, 6.07) is 16.5. The molecule has 0 aliphatic carbocycles. The molecule has 4 nitrogen and oxygen atoms in total. The minimum absolute atomic E-state index is 0.174. The minimum atomic E-state index is 0.174. The van der Waals surface area contributed by atoms with Crippen LogP contribution in [0.2, 0.25) is 0 Å². The van der Waals surface area contributed by atoms with Crippen LogP contribution in [0.25, 0.3) is 11.3 Å². The van der Waals surface area contributed by atoms with Crippen LogP contribution in [0.5, 0.6) is 5.75 Å². The fourth-order valence-electron chi connectivity index (χ4n) is 2.57. The molecule has 0 bridgehead atoms. The van der Waals surface area contributed by atoms with Crippen molar-refractivity contribution in [2.45, 2.75) is 32.7 Å². The van der Waals surface area contributed by atoms with Crippen LogP contribution in [0, 0.1) is 0 Å². The van der Waals surface area contributed by atoms with E-state index in [9.17, 15) is 0 Å². The zero-order valence-corrected chi connectivity index (χ0v) is 14.7. The molecule has 0 saturated heterocycles. The maximum absolute atomic E-state index is 5.18. The quantitative estimate of drug-likeness (QED) is 0.719. The highest BCUT2D eigenvalue weighted by Crippen LogP contribution is 2.23. The molecule has 0 aliphatic heterocycles. The van der Waals surface area contributed by atoms with Gasteiger partial charge in [0.2, 0.25) is 0 Å². The predicted molar refractivity (Wildman–Crippen MR) is 96.3 cm³/mol. The van der Waals surface area contributed by atoms with Crippen molar-refractivity contribution in [3.63, 3.8) is 0 Å². The Morgan fingerprint density at radius 3 is 2.21 bits per heavy atom. The van der Waals surface area contributed by atoms with E-state index in [-0.39, 0.29) is 5.41 Å². The van der Waals surface area contributed by atoms with E-state index in [4.69, 9.17) is 4.74 Å². The Balaban J connectivity index is 1.73. The Hall–Kier alpha value is -2.62. The molecule has 0 unspecified atom stereocenters. The fourth-order valence-corrected chi connectivity index (χ4v) is 2.57. The molecule has 0 spiro atoms. The zero-order valence-electron chi connectivity index (χ0n) is 14.7. The van der Waals surface area contributed by atoms with Crippen LogP contribution >= 0.6 is 0 Å². The van der Waals surface area contributed by atoms with Gasteiger partial charge >= 0.3 is 0 Å². The van der Waals surface area contributed by atoms with Gasteiger partial charge in [-0.1, -0.05) is 50.3 Å². The molecule has 0 aliphatic rings. The van der Waals surface area contributed by atoms with E-state index in [2.05, 4.69) is 55.3 Å². The molecule has 0 saturated carbocycles. The van der Waals surface area contributed by atoms with Crippen molar-refractivity contribution >= 4 is 0 Å². The molecule has 0 amide bonds. The van der Waals surface area contributed by atoms with Crippen molar-refractivity contribution in [3.05, 3.63) is 65.9 Å². The van der Waals surface area contributed by atoms with Crippen LogP contribution in [0.4, 0.5) is 0 Å². The normalized spacial score (nSPS) is 11.5. The number of hydrogen-bond donors (Lipinski definition) is 0. The van der Waals surface area contributed by atoms with Gasteiger partial charge in [-0.05, 0) is 40.8 Å². The number of nitrogens with zero attached hydrogens (tertiary/aromatic N) is 3. The second-order valence-electron chi connectivity index (χ2n) is 6.98. The van der Waals surface area contributed by atoms with Crippen molar-refractivity contribution in [2.24, 2.45) is 0 Å².